The third kappa shape index (κ3) is 15.3. The largest absolute Gasteiger partial charge is 0.450 e. The Hall–Kier alpha value is -0.730. The molecule has 0 heterocycles. The number of alkyl carbamates (subject to hydrolysis) is 1. The second kappa shape index (κ2) is 16.3. The van der Waals surface area contributed by atoms with Crippen molar-refractivity contribution in [3.8, 4) is 0 Å². The first-order valence-electron chi connectivity index (χ1n) is 8.71. The molecule has 120 valence electrons. The lowest BCUT2D eigenvalue weighted by Crippen LogP contribution is -2.25. The summed E-state index contributed by atoms with van der Waals surface area (Å²) in [7, 11) is 0. The molecule has 3 nitrogen and oxygen atoms in total. The number of carbonyl (C=O) groups is 1. The molecule has 0 saturated carbocycles. The van der Waals surface area contributed by atoms with Crippen LogP contribution in [0.5, 0.6) is 0 Å². The van der Waals surface area contributed by atoms with Crippen LogP contribution in [0.2, 0.25) is 0 Å². The van der Waals surface area contributed by atoms with E-state index in [1.165, 1.54) is 57.8 Å². The average molecular weight is 285 g/mol. The Balaban J connectivity index is 3.11. The molecule has 1 N–H and O–H groups in total. The fourth-order valence-corrected chi connectivity index (χ4v) is 2.19. The molecule has 0 radical (unpaired) electrons. The van der Waals surface area contributed by atoms with Crippen LogP contribution >= 0.6 is 0 Å². The van der Waals surface area contributed by atoms with Crippen molar-refractivity contribution in [2.75, 3.05) is 13.2 Å². The van der Waals surface area contributed by atoms with Crippen molar-refractivity contribution in [1.29, 1.82) is 0 Å². The lowest BCUT2D eigenvalue weighted by atomic mass is 10.1. The summed E-state index contributed by atoms with van der Waals surface area (Å²) in [4.78, 5) is 11.3. The predicted octanol–water partition coefficient (Wildman–Crippen LogP) is 5.43. The van der Waals surface area contributed by atoms with E-state index in [0.29, 0.717) is 6.61 Å². The first-order chi connectivity index (χ1) is 9.81. The van der Waals surface area contributed by atoms with E-state index in [2.05, 4.69) is 19.2 Å². The molecule has 0 aromatic rings. The number of hydrogen-bond donors (Lipinski definition) is 1. The number of rotatable bonds is 14. The van der Waals surface area contributed by atoms with Gasteiger partial charge >= 0.3 is 6.09 Å². The molecule has 20 heavy (non-hydrogen) atoms. The van der Waals surface area contributed by atoms with Crippen molar-refractivity contribution in [1.82, 2.24) is 5.32 Å². The molecule has 1 amide bonds. The minimum atomic E-state index is -0.246. The molecular formula is C17H35NO2. The van der Waals surface area contributed by atoms with Crippen LogP contribution in [-0.2, 0) is 4.74 Å². The number of hydrogen-bond acceptors (Lipinski definition) is 2. The molecule has 0 bridgehead atoms. The lowest BCUT2D eigenvalue weighted by molar-refractivity contribution is 0.143. The Labute approximate surface area is 125 Å². The molecule has 0 aliphatic heterocycles. The van der Waals surface area contributed by atoms with Gasteiger partial charge in [-0.25, -0.2) is 4.79 Å². The highest BCUT2D eigenvalue weighted by Gasteiger charge is 2.00. The van der Waals surface area contributed by atoms with Crippen LogP contribution in [0, 0.1) is 0 Å². The van der Waals surface area contributed by atoms with Crippen LogP contribution in [0.3, 0.4) is 0 Å². The van der Waals surface area contributed by atoms with Gasteiger partial charge in [-0.3, -0.25) is 0 Å². The summed E-state index contributed by atoms with van der Waals surface area (Å²) >= 11 is 0. The molecular weight excluding hydrogens is 250 g/mol. The summed E-state index contributed by atoms with van der Waals surface area (Å²) in [5.74, 6) is 0. The first kappa shape index (κ1) is 19.3. The summed E-state index contributed by atoms with van der Waals surface area (Å²) in [5.41, 5.74) is 0. The highest BCUT2D eigenvalue weighted by molar-refractivity contribution is 5.66. The normalized spacial score (nSPS) is 10.5. The fraction of sp³-hybridized carbons (Fsp3) is 0.941. The van der Waals surface area contributed by atoms with Crippen LogP contribution in [0.15, 0.2) is 0 Å². The highest BCUT2D eigenvalue weighted by atomic mass is 16.5. The van der Waals surface area contributed by atoms with E-state index in [4.69, 9.17) is 4.74 Å². The summed E-state index contributed by atoms with van der Waals surface area (Å²) in [6.07, 6.45) is 14.6. The zero-order valence-electron chi connectivity index (χ0n) is 13.7. The first-order valence-corrected chi connectivity index (χ1v) is 8.71. The van der Waals surface area contributed by atoms with Gasteiger partial charge in [-0.15, -0.1) is 0 Å². The van der Waals surface area contributed by atoms with E-state index >= 15 is 0 Å². The summed E-state index contributed by atoms with van der Waals surface area (Å²) < 4.78 is 5.11. The van der Waals surface area contributed by atoms with E-state index in [1.807, 2.05) is 0 Å². The van der Waals surface area contributed by atoms with Gasteiger partial charge in [0.2, 0.25) is 0 Å². The Kier molecular flexibility index (Phi) is 15.7. The standard InChI is InChI=1S/C17H35NO2/c1-3-5-7-9-10-11-12-13-15-18-17(19)20-16-14-8-6-4-2/h3-16H2,1-2H3,(H,18,19). The van der Waals surface area contributed by atoms with E-state index in [9.17, 15) is 4.79 Å². The predicted molar refractivity (Wildman–Crippen MR) is 86.1 cm³/mol. The summed E-state index contributed by atoms with van der Waals surface area (Å²) in [5, 5.41) is 2.82. The number of carbonyl (C=O) groups excluding carboxylic acids is 1. The van der Waals surface area contributed by atoms with Gasteiger partial charge in [0.15, 0.2) is 0 Å². The monoisotopic (exact) mass is 285 g/mol. The Bertz CT molecular complexity index is 207. The van der Waals surface area contributed by atoms with Crippen molar-refractivity contribution in [2.24, 2.45) is 0 Å². The highest BCUT2D eigenvalue weighted by Crippen LogP contribution is 2.07. The van der Waals surface area contributed by atoms with Gasteiger partial charge in [-0.2, -0.15) is 0 Å². The van der Waals surface area contributed by atoms with Gasteiger partial charge in [0.05, 0.1) is 6.61 Å². The van der Waals surface area contributed by atoms with E-state index in [-0.39, 0.29) is 6.09 Å². The molecule has 0 aliphatic rings. The molecule has 0 aliphatic carbocycles. The maximum absolute atomic E-state index is 11.3. The smallest absolute Gasteiger partial charge is 0.407 e. The van der Waals surface area contributed by atoms with Crippen molar-refractivity contribution in [3.05, 3.63) is 0 Å². The number of nitrogens with one attached hydrogen (secondary N) is 1. The molecule has 3 heteroatoms. The third-order valence-electron chi connectivity index (χ3n) is 3.53. The maximum atomic E-state index is 11.3. The fourth-order valence-electron chi connectivity index (χ4n) is 2.19. The second-order valence-corrected chi connectivity index (χ2v) is 5.60. The van der Waals surface area contributed by atoms with Crippen molar-refractivity contribution in [2.45, 2.75) is 90.9 Å². The van der Waals surface area contributed by atoms with Gasteiger partial charge in [0.1, 0.15) is 0 Å². The summed E-state index contributed by atoms with van der Waals surface area (Å²) in [6.45, 7) is 5.73. The number of unbranched alkanes of at least 4 members (excludes halogenated alkanes) is 10. The molecule has 0 unspecified atom stereocenters. The Morgan fingerprint density at radius 2 is 1.25 bits per heavy atom. The zero-order chi connectivity index (χ0) is 14.9. The molecule has 0 aromatic heterocycles. The van der Waals surface area contributed by atoms with Crippen molar-refractivity contribution < 1.29 is 9.53 Å². The number of ether oxygens (including phenoxy) is 1. The maximum Gasteiger partial charge on any atom is 0.407 e. The van der Waals surface area contributed by atoms with Crippen LogP contribution in [0.25, 0.3) is 0 Å². The van der Waals surface area contributed by atoms with Crippen LogP contribution in [0.4, 0.5) is 4.79 Å². The quantitative estimate of drug-likeness (QED) is 0.432. The van der Waals surface area contributed by atoms with Gasteiger partial charge in [-0.1, -0.05) is 78.1 Å². The second-order valence-electron chi connectivity index (χ2n) is 5.60. The molecule has 0 rings (SSSR count). The summed E-state index contributed by atoms with van der Waals surface area (Å²) in [6, 6.07) is 0. The van der Waals surface area contributed by atoms with Crippen LogP contribution in [-0.4, -0.2) is 19.2 Å². The Morgan fingerprint density at radius 3 is 1.85 bits per heavy atom. The zero-order valence-corrected chi connectivity index (χ0v) is 13.7. The third-order valence-corrected chi connectivity index (χ3v) is 3.53. The van der Waals surface area contributed by atoms with Gasteiger partial charge < -0.3 is 10.1 Å². The molecule has 0 atom stereocenters. The molecule has 0 spiro atoms. The van der Waals surface area contributed by atoms with Gasteiger partial charge in [0.25, 0.3) is 0 Å². The van der Waals surface area contributed by atoms with Gasteiger partial charge in [0, 0.05) is 6.54 Å². The lowest BCUT2D eigenvalue weighted by Gasteiger charge is -2.06. The van der Waals surface area contributed by atoms with Crippen molar-refractivity contribution >= 4 is 6.09 Å². The van der Waals surface area contributed by atoms with Crippen LogP contribution in [0.1, 0.15) is 90.9 Å². The average Bonchev–Trinajstić information content (AvgIpc) is 2.45. The molecule has 0 saturated heterocycles. The molecule has 0 aromatic carbocycles. The van der Waals surface area contributed by atoms with E-state index in [0.717, 1.165) is 25.8 Å². The van der Waals surface area contributed by atoms with Gasteiger partial charge in [-0.05, 0) is 12.8 Å². The van der Waals surface area contributed by atoms with E-state index < -0.39 is 0 Å². The topological polar surface area (TPSA) is 38.3 Å². The van der Waals surface area contributed by atoms with E-state index in [1.54, 1.807) is 0 Å². The Morgan fingerprint density at radius 1 is 0.750 bits per heavy atom. The SMILES string of the molecule is CCCCCCCCCCNC(=O)OCCCCCC. The minimum absolute atomic E-state index is 0.246. The number of amides is 1. The molecule has 0 fully saturated rings. The van der Waals surface area contributed by atoms with Crippen molar-refractivity contribution in [3.63, 3.8) is 0 Å². The van der Waals surface area contributed by atoms with Crippen LogP contribution < -0.4 is 5.32 Å². The minimum Gasteiger partial charge on any atom is -0.450 e.